The number of furan rings is 1. The molecular formula is C14H20N4O2. The summed E-state index contributed by atoms with van der Waals surface area (Å²) >= 11 is 0. The maximum absolute atomic E-state index is 6.14. The summed E-state index contributed by atoms with van der Waals surface area (Å²) in [4.78, 5) is 6.68. The van der Waals surface area contributed by atoms with Crippen LogP contribution < -0.4 is 5.73 Å². The molecule has 6 nitrogen and oxygen atoms in total. The molecule has 0 aromatic carbocycles. The quantitative estimate of drug-likeness (QED) is 0.899. The minimum atomic E-state index is -0.216. The third kappa shape index (κ3) is 2.76. The fraction of sp³-hybridized carbons (Fsp3) is 0.571. The van der Waals surface area contributed by atoms with Gasteiger partial charge in [0, 0.05) is 13.0 Å². The standard InChI is InChI=1S/C14H20N4O2/c1-2-10-5-6-12(19-10)14-16-13(17-20-14)11(15)9-18-7-3-4-8-18/h5-6,11H,2-4,7-9,15H2,1H3. The molecule has 0 radical (unpaired) electrons. The lowest BCUT2D eigenvalue weighted by Crippen LogP contribution is -2.30. The molecule has 6 heteroatoms. The van der Waals surface area contributed by atoms with E-state index in [-0.39, 0.29) is 6.04 Å². The van der Waals surface area contributed by atoms with Crippen LogP contribution in [0.1, 0.15) is 37.4 Å². The molecule has 2 N–H and O–H groups in total. The minimum Gasteiger partial charge on any atom is -0.456 e. The third-order valence-electron chi connectivity index (χ3n) is 3.65. The molecule has 2 aromatic heterocycles. The second kappa shape index (κ2) is 5.76. The summed E-state index contributed by atoms with van der Waals surface area (Å²) in [6.07, 6.45) is 3.34. The Labute approximate surface area is 117 Å². The van der Waals surface area contributed by atoms with Crippen LogP contribution >= 0.6 is 0 Å². The molecule has 0 aliphatic carbocycles. The molecule has 0 spiro atoms. The van der Waals surface area contributed by atoms with Crippen LogP contribution in [0.15, 0.2) is 21.1 Å². The fourth-order valence-electron chi connectivity index (χ4n) is 2.49. The van der Waals surface area contributed by atoms with Crippen molar-refractivity contribution in [1.29, 1.82) is 0 Å². The van der Waals surface area contributed by atoms with E-state index in [4.69, 9.17) is 14.7 Å². The number of hydrogen-bond acceptors (Lipinski definition) is 6. The van der Waals surface area contributed by atoms with Gasteiger partial charge in [0.25, 0.3) is 5.89 Å². The van der Waals surface area contributed by atoms with Gasteiger partial charge in [0.2, 0.25) is 0 Å². The lowest BCUT2D eigenvalue weighted by atomic mass is 10.3. The fourth-order valence-corrected chi connectivity index (χ4v) is 2.49. The predicted octanol–water partition coefficient (Wildman–Crippen LogP) is 1.99. The van der Waals surface area contributed by atoms with Crippen molar-refractivity contribution in [3.63, 3.8) is 0 Å². The van der Waals surface area contributed by atoms with Crippen molar-refractivity contribution in [3.05, 3.63) is 23.7 Å². The molecule has 1 aliphatic heterocycles. The first-order valence-corrected chi connectivity index (χ1v) is 7.17. The smallest absolute Gasteiger partial charge is 0.293 e. The number of nitrogens with two attached hydrogens (primary N) is 1. The average molecular weight is 276 g/mol. The zero-order chi connectivity index (χ0) is 13.9. The minimum absolute atomic E-state index is 0.216. The number of aromatic nitrogens is 2. The molecule has 1 fully saturated rings. The lowest BCUT2D eigenvalue weighted by molar-refractivity contribution is 0.306. The maximum Gasteiger partial charge on any atom is 0.293 e. The molecule has 1 atom stereocenters. The van der Waals surface area contributed by atoms with E-state index in [9.17, 15) is 0 Å². The second-order valence-corrected chi connectivity index (χ2v) is 5.19. The maximum atomic E-state index is 6.14. The molecule has 2 aromatic rings. The number of rotatable bonds is 5. The van der Waals surface area contributed by atoms with Gasteiger partial charge in [-0.1, -0.05) is 12.1 Å². The number of aryl methyl sites for hydroxylation is 1. The van der Waals surface area contributed by atoms with Gasteiger partial charge in [0.05, 0.1) is 6.04 Å². The van der Waals surface area contributed by atoms with Crippen molar-refractivity contribution in [2.45, 2.75) is 32.2 Å². The number of nitrogens with zero attached hydrogens (tertiary/aromatic N) is 3. The van der Waals surface area contributed by atoms with Crippen LogP contribution in [0.2, 0.25) is 0 Å². The summed E-state index contributed by atoms with van der Waals surface area (Å²) in [5.74, 6) is 2.45. The van der Waals surface area contributed by atoms with Crippen molar-refractivity contribution < 1.29 is 8.94 Å². The summed E-state index contributed by atoms with van der Waals surface area (Å²) in [6, 6.07) is 3.55. The van der Waals surface area contributed by atoms with E-state index < -0.39 is 0 Å². The normalized spacial score (nSPS) is 17.7. The Kier molecular flexibility index (Phi) is 3.84. The highest BCUT2D eigenvalue weighted by Gasteiger charge is 2.21. The summed E-state index contributed by atoms with van der Waals surface area (Å²) in [5.41, 5.74) is 6.14. The van der Waals surface area contributed by atoms with Crippen molar-refractivity contribution in [2.75, 3.05) is 19.6 Å². The summed E-state index contributed by atoms with van der Waals surface area (Å²) < 4.78 is 10.8. The SMILES string of the molecule is CCc1ccc(-c2nc(C(N)CN3CCCC3)no2)o1. The first kappa shape index (κ1) is 13.3. The van der Waals surface area contributed by atoms with Gasteiger partial charge in [0.1, 0.15) is 5.76 Å². The van der Waals surface area contributed by atoms with Gasteiger partial charge in [-0.25, -0.2) is 0 Å². The van der Waals surface area contributed by atoms with Gasteiger partial charge in [-0.15, -0.1) is 0 Å². The Morgan fingerprint density at radius 3 is 2.85 bits per heavy atom. The summed E-state index contributed by atoms with van der Waals surface area (Å²) in [5, 5.41) is 3.97. The molecule has 3 rings (SSSR count). The van der Waals surface area contributed by atoms with Crippen LogP contribution in [0.3, 0.4) is 0 Å². The molecule has 0 saturated carbocycles. The highest BCUT2D eigenvalue weighted by atomic mass is 16.5. The van der Waals surface area contributed by atoms with Gasteiger partial charge in [-0.3, -0.25) is 0 Å². The van der Waals surface area contributed by atoms with Crippen LogP contribution in [0.4, 0.5) is 0 Å². The van der Waals surface area contributed by atoms with Gasteiger partial charge in [0.15, 0.2) is 11.6 Å². The summed E-state index contributed by atoms with van der Waals surface area (Å²) in [7, 11) is 0. The monoisotopic (exact) mass is 276 g/mol. The zero-order valence-corrected chi connectivity index (χ0v) is 11.7. The zero-order valence-electron chi connectivity index (χ0n) is 11.7. The van der Waals surface area contributed by atoms with Crippen LogP contribution in [-0.2, 0) is 6.42 Å². The number of likely N-dealkylation sites (tertiary alicyclic amines) is 1. The molecule has 0 bridgehead atoms. The van der Waals surface area contributed by atoms with Crippen molar-refractivity contribution in [3.8, 4) is 11.7 Å². The van der Waals surface area contributed by atoms with Crippen molar-refractivity contribution in [1.82, 2.24) is 15.0 Å². The van der Waals surface area contributed by atoms with Crippen LogP contribution in [-0.4, -0.2) is 34.7 Å². The lowest BCUT2D eigenvalue weighted by Gasteiger charge is -2.17. The van der Waals surface area contributed by atoms with Crippen LogP contribution in [0.5, 0.6) is 0 Å². The van der Waals surface area contributed by atoms with Crippen molar-refractivity contribution in [2.24, 2.45) is 5.73 Å². The molecule has 3 heterocycles. The van der Waals surface area contributed by atoms with Gasteiger partial charge in [-0.2, -0.15) is 4.98 Å². The predicted molar refractivity (Wildman–Crippen MR) is 74.0 cm³/mol. The molecule has 108 valence electrons. The molecule has 0 amide bonds. The van der Waals surface area contributed by atoms with E-state index in [1.807, 2.05) is 19.1 Å². The molecular weight excluding hydrogens is 256 g/mol. The largest absolute Gasteiger partial charge is 0.456 e. The molecule has 1 saturated heterocycles. The van der Waals surface area contributed by atoms with E-state index in [0.717, 1.165) is 31.8 Å². The van der Waals surface area contributed by atoms with E-state index in [1.54, 1.807) is 0 Å². The van der Waals surface area contributed by atoms with E-state index in [1.165, 1.54) is 12.8 Å². The summed E-state index contributed by atoms with van der Waals surface area (Å²) in [6.45, 7) is 5.03. The Bertz CT molecular complexity index is 557. The highest BCUT2D eigenvalue weighted by molar-refractivity contribution is 5.44. The average Bonchev–Trinajstić information content (AvgIpc) is 3.19. The first-order chi connectivity index (χ1) is 9.76. The van der Waals surface area contributed by atoms with Gasteiger partial charge in [-0.05, 0) is 38.1 Å². The molecule has 20 heavy (non-hydrogen) atoms. The first-order valence-electron chi connectivity index (χ1n) is 7.17. The Morgan fingerprint density at radius 2 is 2.15 bits per heavy atom. The van der Waals surface area contributed by atoms with Crippen LogP contribution in [0.25, 0.3) is 11.7 Å². The van der Waals surface area contributed by atoms with Gasteiger partial charge < -0.3 is 19.6 Å². The second-order valence-electron chi connectivity index (χ2n) is 5.19. The van der Waals surface area contributed by atoms with E-state index >= 15 is 0 Å². The third-order valence-corrected chi connectivity index (χ3v) is 3.65. The van der Waals surface area contributed by atoms with Gasteiger partial charge >= 0.3 is 0 Å². The Morgan fingerprint density at radius 1 is 1.35 bits per heavy atom. The highest BCUT2D eigenvalue weighted by Crippen LogP contribution is 2.22. The van der Waals surface area contributed by atoms with E-state index in [2.05, 4.69) is 15.0 Å². The van der Waals surface area contributed by atoms with E-state index in [0.29, 0.717) is 17.5 Å². The Balaban J connectivity index is 1.69. The topological polar surface area (TPSA) is 81.3 Å². The molecule has 1 unspecified atom stereocenters. The Hall–Kier alpha value is -1.66. The number of hydrogen-bond donors (Lipinski definition) is 1. The van der Waals surface area contributed by atoms with Crippen LogP contribution in [0, 0.1) is 0 Å². The van der Waals surface area contributed by atoms with Crippen molar-refractivity contribution >= 4 is 0 Å². The molecule has 1 aliphatic rings.